The summed E-state index contributed by atoms with van der Waals surface area (Å²) >= 11 is 0. The van der Waals surface area contributed by atoms with E-state index < -0.39 is 0 Å². The molecule has 0 spiro atoms. The summed E-state index contributed by atoms with van der Waals surface area (Å²) in [6, 6.07) is 11.2. The van der Waals surface area contributed by atoms with Crippen molar-refractivity contribution < 1.29 is 13.9 Å². The van der Waals surface area contributed by atoms with Gasteiger partial charge in [0.05, 0.1) is 12.3 Å². The van der Waals surface area contributed by atoms with Gasteiger partial charge in [-0.15, -0.1) is 0 Å². The average Bonchev–Trinajstić information content (AvgIpc) is 2.51. The van der Waals surface area contributed by atoms with Gasteiger partial charge in [0.25, 0.3) is 5.91 Å². The van der Waals surface area contributed by atoms with Crippen LogP contribution in [0, 0.1) is 5.82 Å². The minimum Gasteiger partial charge on any atom is -0.492 e. The minimum atomic E-state index is -0.266. The molecule has 0 bridgehead atoms. The summed E-state index contributed by atoms with van der Waals surface area (Å²) in [5.41, 5.74) is 7.74. The summed E-state index contributed by atoms with van der Waals surface area (Å²) in [5.74, 6) is 0.0508. The molecule has 2 aromatic carbocycles. The lowest BCUT2D eigenvalue weighted by Crippen LogP contribution is -2.25. The van der Waals surface area contributed by atoms with Crippen LogP contribution < -0.4 is 15.8 Å². The zero-order chi connectivity index (χ0) is 15.9. The Labute approximate surface area is 129 Å². The largest absolute Gasteiger partial charge is 0.492 e. The van der Waals surface area contributed by atoms with E-state index in [9.17, 15) is 9.18 Å². The maximum Gasteiger partial charge on any atom is 0.251 e. The lowest BCUT2D eigenvalue weighted by molar-refractivity contribution is 0.0953. The first kappa shape index (κ1) is 15.8. The SMILES string of the molecule is CCOc1cc(C(=O)NCCc2ccc(F)cc2)ccc1N. The van der Waals surface area contributed by atoms with Gasteiger partial charge in [-0.05, 0) is 49.2 Å². The summed E-state index contributed by atoms with van der Waals surface area (Å²) in [7, 11) is 0. The van der Waals surface area contributed by atoms with Crippen molar-refractivity contribution in [1.29, 1.82) is 0 Å². The van der Waals surface area contributed by atoms with Crippen LogP contribution in [-0.2, 0) is 6.42 Å². The normalized spacial score (nSPS) is 10.3. The van der Waals surface area contributed by atoms with E-state index in [0.717, 1.165) is 5.56 Å². The molecule has 2 rings (SSSR count). The maximum absolute atomic E-state index is 12.8. The van der Waals surface area contributed by atoms with E-state index in [1.54, 1.807) is 30.3 Å². The number of hydrogen-bond acceptors (Lipinski definition) is 3. The number of halogens is 1. The van der Waals surface area contributed by atoms with Gasteiger partial charge in [-0.3, -0.25) is 4.79 Å². The third-order valence-corrected chi connectivity index (χ3v) is 3.19. The minimum absolute atomic E-state index is 0.192. The highest BCUT2D eigenvalue weighted by Gasteiger charge is 2.08. The number of rotatable bonds is 6. The van der Waals surface area contributed by atoms with E-state index in [2.05, 4.69) is 5.32 Å². The smallest absolute Gasteiger partial charge is 0.251 e. The number of nitrogen functional groups attached to an aromatic ring is 1. The first-order valence-electron chi connectivity index (χ1n) is 7.15. The molecule has 0 aliphatic carbocycles. The number of ether oxygens (including phenoxy) is 1. The van der Waals surface area contributed by atoms with E-state index >= 15 is 0 Å². The van der Waals surface area contributed by atoms with Crippen LogP contribution in [0.3, 0.4) is 0 Å². The standard InChI is InChI=1S/C17H19FN2O2/c1-2-22-16-11-13(5-8-15(16)19)17(21)20-10-9-12-3-6-14(18)7-4-12/h3-8,11H,2,9-10,19H2,1H3,(H,20,21). The molecule has 5 heteroatoms. The van der Waals surface area contributed by atoms with Gasteiger partial charge >= 0.3 is 0 Å². The van der Waals surface area contributed by atoms with Gasteiger partial charge in [0.15, 0.2) is 0 Å². The van der Waals surface area contributed by atoms with Crippen LogP contribution in [-0.4, -0.2) is 19.1 Å². The van der Waals surface area contributed by atoms with E-state index in [1.165, 1.54) is 12.1 Å². The highest BCUT2D eigenvalue weighted by molar-refractivity contribution is 5.95. The Balaban J connectivity index is 1.92. The van der Waals surface area contributed by atoms with Crippen LogP contribution in [0.4, 0.5) is 10.1 Å². The molecule has 3 N–H and O–H groups in total. The van der Waals surface area contributed by atoms with Crippen LogP contribution in [0.5, 0.6) is 5.75 Å². The number of hydrogen-bond donors (Lipinski definition) is 2. The van der Waals surface area contributed by atoms with Crippen LogP contribution in [0.25, 0.3) is 0 Å². The number of benzene rings is 2. The molecule has 116 valence electrons. The number of nitrogens with one attached hydrogen (secondary N) is 1. The second-order valence-corrected chi connectivity index (χ2v) is 4.82. The Morgan fingerprint density at radius 2 is 1.95 bits per heavy atom. The van der Waals surface area contributed by atoms with Crippen molar-refractivity contribution in [2.75, 3.05) is 18.9 Å². The number of nitrogens with two attached hydrogens (primary N) is 1. The first-order valence-corrected chi connectivity index (χ1v) is 7.15. The fraction of sp³-hybridized carbons (Fsp3) is 0.235. The molecule has 0 saturated heterocycles. The highest BCUT2D eigenvalue weighted by atomic mass is 19.1. The molecule has 0 heterocycles. The Morgan fingerprint density at radius 1 is 1.23 bits per heavy atom. The van der Waals surface area contributed by atoms with Gasteiger partial charge in [-0.1, -0.05) is 12.1 Å². The van der Waals surface area contributed by atoms with Crippen molar-refractivity contribution >= 4 is 11.6 Å². The van der Waals surface area contributed by atoms with E-state index in [-0.39, 0.29) is 11.7 Å². The zero-order valence-corrected chi connectivity index (χ0v) is 12.4. The van der Waals surface area contributed by atoms with Gasteiger partial charge in [0.2, 0.25) is 0 Å². The van der Waals surface area contributed by atoms with Crippen molar-refractivity contribution in [3.8, 4) is 5.75 Å². The molecule has 0 saturated carbocycles. The second-order valence-electron chi connectivity index (χ2n) is 4.82. The fourth-order valence-corrected chi connectivity index (χ4v) is 2.03. The summed E-state index contributed by atoms with van der Waals surface area (Å²) in [4.78, 5) is 12.1. The van der Waals surface area contributed by atoms with Gasteiger partial charge in [-0.2, -0.15) is 0 Å². The summed E-state index contributed by atoms with van der Waals surface area (Å²) in [6.07, 6.45) is 0.638. The first-order chi connectivity index (χ1) is 10.6. The lowest BCUT2D eigenvalue weighted by Gasteiger charge is -2.10. The molecule has 0 aliphatic heterocycles. The Morgan fingerprint density at radius 3 is 2.64 bits per heavy atom. The van der Waals surface area contributed by atoms with Crippen molar-refractivity contribution in [3.05, 3.63) is 59.4 Å². The third kappa shape index (κ3) is 4.22. The van der Waals surface area contributed by atoms with Gasteiger partial charge < -0.3 is 15.8 Å². The van der Waals surface area contributed by atoms with Crippen LogP contribution in [0.1, 0.15) is 22.8 Å². The number of carbonyl (C=O) groups is 1. The summed E-state index contributed by atoms with van der Waals surface area (Å²) in [6.45, 7) is 2.81. The summed E-state index contributed by atoms with van der Waals surface area (Å²) in [5, 5.41) is 2.82. The van der Waals surface area contributed by atoms with Gasteiger partial charge in [0.1, 0.15) is 11.6 Å². The molecule has 0 unspecified atom stereocenters. The number of anilines is 1. The topological polar surface area (TPSA) is 64.3 Å². The average molecular weight is 302 g/mol. The van der Waals surface area contributed by atoms with Crippen LogP contribution in [0.15, 0.2) is 42.5 Å². The van der Waals surface area contributed by atoms with E-state index in [4.69, 9.17) is 10.5 Å². The molecule has 0 aliphatic rings. The van der Waals surface area contributed by atoms with Crippen LogP contribution in [0.2, 0.25) is 0 Å². The molecule has 0 atom stereocenters. The quantitative estimate of drug-likeness (QED) is 0.806. The molecule has 2 aromatic rings. The Kier molecular flexibility index (Phi) is 5.36. The predicted molar refractivity (Wildman–Crippen MR) is 84.5 cm³/mol. The molecule has 0 fully saturated rings. The van der Waals surface area contributed by atoms with Gasteiger partial charge in [0, 0.05) is 12.1 Å². The van der Waals surface area contributed by atoms with Gasteiger partial charge in [-0.25, -0.2) is 4.39 Å². The molecule has 4 nitrogen and oxygen atoms in total. The van der Waals surface area contributed by atoms with Crippen molar-refractivity contribution in [3.63, 3.8) is 0 Å². The molecule has 22 heavy (non-hydrogen) atoms. The number of carbonyl (C=O) groups excluding carboxylic acids is 1. The highest BCUT2D eigenvalue weighted by Crippen LogP contribution is 2.22. The third-order valence-electron chi connectivity index (χ3n) is 3.19. The fourth-order valence-electron chi connectivity index (χ4n) is 2.03. The molecule has 0 aromatic heterocycles. The lowest BCUT2D eigenvalue weighted by atomic mass is 10.1. The molecule has 0 radical (unpaired) electrons. The van der Waals surface area contributed by atoms with Crippen LogP contribution >= 0.6 is 0 Å². The number of amides is 1. The van der Waals surface area contributed by atoms with Crippen molar-refractivity contribution in [1.82, 2.24) is 5.32 Å². The Bertz CT molecular complexity index is 642. The van der Waals surface area contributed by atoms with Crippen molar-refractivity contribution in [2.45, 2.75) is 13.3 Å². The predicted octanol–water partition coefficient (Wildman–Crippen LogP) is 2.78. The van der Waals surface area contributed by atoms with Crippen molar-refractivity contribution in [2.24, 2.45) is 0 Å². The molecular formula is C17H19FN2O2. The molecular weight excluding hydrogens is 283 g/mol. The maximum atomic E-state index is 12.8. The Hall–Kier alpha value is -2.56. The van der Waals surface area contributed by atoms with E-state index in [1.807, 2.05) is 6.92 Å². The zero-order valence-electron chi connectivity index (χ0n) is 12.4. The monoisotopic (exact) mass is 302 g/mol. The molecule has 1 amide bonds. The second kappa shape index (κ2) is 7.45. The summed E-state index contributed by atoms with van der Waals surface area (Å²) < 4.78 is 18.2. The van der Waals surface area contributed by atoms with E-state index in [0.29, 0.717) is 36.6 Å².